The number of esters is 1. The van der Waals surface area contributed by atoms with E-state index in [1.165, 1.54) is 0 Å². The van der Waals surface area contributed by atoms with Crippen molar-refractivity contribution in [3.8, 4) is 17.2 Å². The Morgan fingerprint density at radius 2 is 1.80 bits per heavy atom. The second-order valence-electron chi connectivity index (χ2n) is 5.54. The van der Waals surface area contributed by atoms with Crippen molar-refractivity contribution in [1.29, 1.82) is 0 Å². The van der Waals surface area contributed by atoms with Gasteiger partial charge in [0.2, 0.25) is 5.89 Å². The third kappa shape index (κ3) is 4.07. The molecule has 0 fully saturated rings. The minimum atomic E-state index is -0.359. The summed E-state index contributed by atoms with van der Waals surface area (Å²) in [6.07, 6.45) is 0.0668. The summed E-state index contributed by atoms with van der Waals surface area (Å²) < 4.78 is 16.3. The first-order valence-corrected chi connectivity index (χ1v) is 7.96. The van der Waals surface area contributed by atoms with E-state index in [9.17, 15) is 4.79 Å². The molecule has 128 valence electrons. The van der Waals surface area contributed by atoms with Crippen LogP contribution in [0, 0.1) is 6.92 Å². The SMILES string of the molecule is COc1ccccc1COC(=O)Cc1nc(-c2ccccc2)oc1C. The van der Waals surface area contributed by atoms with Gasteiger partial charge in [0.05, 0.1) is 19.2 Å². The van der Waals surface area contributed by atoms with E-state index < -0.39 is 0 Å². The molecule has 0 unspecified atom stereocenters. The molecular formula is C20H19NO4. The van der Waals surface area contributed by atoms with E-state index in [1.54, 1.807) is 14.0 Å². The monoisotopic (exact) mass is 337 g/mol. The summed E-state index contributed by atoms with van der Waals surface area (Å²) in [5.41, 5.74) is 2.28. The zero-order valence-electron chi connectivity index (χ0n) is 14.2. The Morgan fingerprint density at radius 3 is 2.56 bits per heavy atom. The first-order chi connectivity index (χ1) is 12.2. The lowest BCUT2D eigenvalue weighted by Gasteiger charge is -2.08. The van der Waals surface area contributed by atoms with Crippen LogP contribution in [0.4, 0.5) is 0 Å². The van der Waals surface area contributed by atoms with Gasteiger partial charge in [0.1, 0.15) is 18.1 Å². The zero-order chi connectivity index (χ0) is 17.6. The molecule has 0 aliphatic rings. The number of para-hydroxylation sites is 1. The summed E-state index contributed by atoms with van der Waals surface area (Å²) in [4.78, 5) is 16.6. The van der Waals surface area contributed by atoms with Gasteiger partial charge in [-0.15, -0.1) is 0 Å². The lowest BCUT2D eigenvalue weighted by atomic mass is 10.2. The van der Waals surface area contributed by atoms with E-state index >= 15 is 0 Å². The average Bonchev–Trinajstić information content (AvgIpc) is 3.01. The third-order valence-corrected chi connectivity index (χ3v) is 3.81. The molecule has 2 aromatic carbocycles. The van der Waals surface area contributed by atoms with Crippen LogP contribution in [0.3, 0.4) is 0 Å². The van der Waals surface area contributed by atoms with Gasteiger partial charge in [-0.1, -0.05) is 36.4 Å². The van der Waals surface area contributed by atoms with Gasteiger partial charge in [0.15, 0.2) is 0 Å². The zero-order valence-corrected chi connectivity index (χ0v) is 14.2. The molecule has 0 amide bonds. The van der Waals surface area contributed by atoms with Crippen molar-refractivity contribution in [1.82, 2.24) is 4.98 Å². The highest BCUT2D eigenvalue weighted by atomic mass is 16.5. The van der Waals surface area contributed by atoms with Crippen molar-refractivity contribution in [2.45, 2.75) is 20.0 Å². The van der Waals surface area contributed by atoms with Crippen molar-refractivity contribution in [3.63, 3.8) is 0 Å². The Labute approximate surface area is 146 Å². The van der Waals surface area contributed by atoms with Crippen molar-refractivity contribution in [3.05, 3.63) is 71.6 Å². The number of methoxy groups -OCH3 is 1. The first-order valence-electron chi connectivity index (χ1n) is 7.96. The number of aromatic nitrogens is 1. The Hall–Kier alpha value is -3.08. The molecule has 0 bridgehead atoms. The Balaban J connectivity index is 1.64. The quantitative estimate of drug-likeness (QED) is 0.638. The van der Waals surface area contributed by atoms with Crippen LogP contribution in [-0.2, 0) is 22.6 Å². The Morgan fingerprint density at radius 1 is 1.08 bits per heavy atom. The van der Waals surface area contributed by atoms with Gasteiger partial charge in [0.25, 0.3) is 0 Å². The van der Waals surface area contributed by atoms with Crippen LogP contribution in [0.1, 0.15) is 17.0 Å². The van der Waals surface area contributed by atoms with E-state index in [0.717, 1.165) is 11.1 Å². The standard InChI is InChI=1S/C20H19NO4/c1-14-17(21-20(25-14)15-8-4-3-5-9-15)12-19(22)24-13-16-10-6-7-11-18(16)23-2/h3-11H,12-13H2,1-2H3. The predicted octanol–water partition coefficient (Wildman–Crippen LogP) is 3.94. The molecule has 1 heterocycles. The highest BCUT2D eigenvalue weighted by molar-refractivity contribution is 5.72. The maximum Gasteiger partial charge on any atom is 0.312 e. The summed E-state index contributed by atoms with van der Waals surface area (Å²) in [6.45, 7) is 1.95. The molecule has 25 heavy (non-hydrogen) atoms. The number of oxazole rings is 1. The molecule has 0 atom stereocenters. The third-order valence-electron chi connectivity index (χ3n) is 3.81. The summed E-state index contributed by atoms with van der Waals surface area (Å²) in [7, 11) is 1.59. The van der Waals surface area contributed by atoms with Crippen molar-refractivity contribution < 1.29 is 18.7 Å². The van der Waals surface area contributed by atoms with Gasteiger partial charge in [-0.05, 0) is 25.1 Å². The number of aryl methyl sites for hydroxylation is 1. The van der Waals surface area contributed by atoms with E-state index in [4.69, 9.17) is 13.9 Å². The minimum absolute atomic E-state index is 0.0668. The Kier molecular flexibility index (Phi) is 5.14. The Bertz CT molecular complexity index is 855. The minimum Gasteiger partial charge on any atom is -0.496 e. The highest BCUT2D eigenvalue weighted by Crippen LogP contribution is 2.22. The van der Waals surface area contributed by atoms with E-state index in [1.807, 2.05) is 54.6 Å². The van der Waals surface area contributed by atoms with Crippen LogP contribution in [0.25, 0.3) is 11.5 Å². The molecular weight excluding hydrogens is 318 g/mol. The molecule has 0 spiro atoms. The smallest absolute Gasteiger partial charge is 0.312 e. The number of nitrogens with zero attached hydrogens (tertiary/aromatic N) is 1. The molecule has 0 saturated heterocycles. The second-order valence-corrected chi connectivity index (χ2v) is 5.54. The lowest BCUT2D eigenvalue weighted by molar-refractivity contribution is -0.144. The maximum absolute atomic E-state index is 12.1. The van der Waals surface area contributed by atoms with Crippen LogP contribution in [0.15, 0.2) is 59.0 Å². The van der Waals surface area contributed by atoms with Crippen LogP contribution in [-0.4, -0.2) is 18.1 Å². The average molecular weight is 337 g/mol. The molecule has 0 aliphatic carbocycles. The highest BCUT2D eigenvalue weighted by Gasteiger charge is 2.16. The molecule has 0 aliphatic heterocycles. The van der Waals surface area contributed by atoms with Crippen LogP contribution >= 0.6 is 0 Å². The molecule has 5 nitrogen and oxygen atoms in total. The number of hydrogen-bond donors (Lipinski definition) is 0. The van der Waals surface area contributed by atoms with E-state index in [-0.39, 0.29) is 19.0 Å². The maximum atomic E-state index is 12.1. The molecule has 3 aromatic rings. The molecule has 0 radical (unpaired) electrons. The van der Waals surface area contributed by atoms with Crippen LogP contribution in [0.5, 0.6) is 5.75 Å². The number of carbonyl (C=O) groups is 1. The molecule has 1 aromatic heterocycles. The number of ether oxygens (including phenoxy) is 2. The predicted molar refractivity (Wildman–Crippen MR) is 93.2 cm³/mol. The molecule has 0 saturated carbocycles. The first kappa shape index (κ1) is 16.8. The number of hydrogen-bond acceptors (Lipinski definition) is 5. The molecule has 5 heteroatoms. The molecule has 0 N–H and O–H groups in total. The van der Waals surface area contributed by atoms with E-state index in [0.29, 0.717) is 23.1 Å². The van der Waals surface area contributed by atoms with Gasteiger partial charge in [-0.2, -0.15) is 0 Å². The largest absolute Gasteiger partial charge is 0.496 e. The topological polar surface area (TPSA) is 61.6 Å². The fourth-order valence-corrected chi connectivity index (χ4v) is 2.46. The van der Waals surface area contributed by atoms with Crippen LogP contribution < -0.4 is 4.74 Å². The van der Waals surface area contributed by atoms with Crippen molar-refractivity contribution in [2.75, 3.05) is 7.11 Å². The fraction of sp³-hybridized carbons (Fsp3) is 0.200. The number of benzene rings is 2. The van der Waals surface area contributed by atoms with Gasteiger partial charge in [0, 0.05) is 11.1 Å². The summed E-state index contributed by atoms with van der Waals surface area (Å²) in [5, 5.41) is 0. The van der Waals surface area contributed by atoms with Gasteiger partial charge >= 0.3 is 5.97 Å². The van der Waals surface area contributed by atoms with Crippen LogP contribution in [0.2, 0.25) is 0 Å². The summed E-state index contributed by atoms with van der Waals surface area (Å²) in [5.74, 6) is 1.46. The summed E-state index contributed by atoms with van der Waals surface area (Å²) >= 11 is 0. The van der Waals surface area contributed by atoms with Gasteiger partial charge in [-0.25, -0.2) is 4.98 Å². The van der Waals surface area contributed by atoms with Crippen molar-refractivity contribution in [2.24, 2.45) is 0 Å². The van der Waals surface area contributed by atoms with Crippen molar-refractivity contribution >= 4 is 5.97 Å². The normalized spacial score (nSPS) is 10.5. The van der Waals surface area contributed by atoms with Gasteiger partial charge in [-0.3, -0.25) is 4.79 Å². The van der Waals surface area contributed by atoms with Gasteiger partial charge < -0.3 is 13.9 Å². The summed E-state index contributed by atoms with van der Waals surface area (Å²) in [6, 6.07) is 17.0. The fourth-order valence-electron chi connectivity index (χ4n) is 2.46. The molecule has 3 rings (SSSR count). The number of carbonyl (C=O) groups excluding carboxylic acids is 1. The lowest BCUT2D eigenvalue weighted by Crippen LogP contribution is -2.09. The second kappa shape index (κ2) is 7.66. The van der Waals surface area contributed by atoms with E-state index in [2.05, 4.69) is 4.98 Å². The number of rotatable bonds is 6.